The van der Waals surface area contributed by atoms with Crippen molar-refractivity contribution in [3.8, 4) is 0 Å². The fourth-order valence-electron chi connectivity index (χ4n) is 3.65. The maximum absolute atomic E-state index is 3.81. The van der Waals surface area contributed by atoms with Gasteiger partial charge in [-0.1, -0.05) is 34.1 Å². The van der Waals surface area contributed by atoms with E-state index in [4.69, 9.17) is 0 Å². The summed E-state index contributed by atoms with van der Waals surface area (Å²) in [6, 6.07) is 1.43. The van der Waals surface area contributed by atoms with Crippen molar-refractivity contribution in [3.05, 3.63) is 0 Å². The third-order valence-electron chi connectivity index (χ3n) is 5.61. The van der Waals surface area contributed by atoms with Gasteiger partial charge >= 0.3 is 0 Å². The monoisotopic (exact) mass is 252 g/mol. The minimum absolute atomic E-state index is 0.503. The van der Waals surface area contributed by atoms with E-state index in [1.54, 1.807) is 0 Å². The van der Waals surface area contributed by atoms with Gasteiger partial charge in [0.15, 0.2) is 0 Å². The Bertz CT molecular complexity index is 270. The molecule has 1 N–H and O–H groups in total. The summed E-state index contributed by atoms with van der Waals surface area (Å²) in [6.45, 7) is 14.4. The topological polar surface area (TPSA) is 15.3 Å². The first-order chi connectivity index (χ1) is 8.48. The maximum atomic E-state index is 3.81. The summed E-state index contributed by atoms with van der Waals surface area (Å²) >= 11 is 0. The normalized spacial score (nSPS) is 34.3. The van der Waals surface area contributed by atoms with Crippen LogP contribution in [-0.4, -0.2) is 35.6 Å². The summed E-state index contributed by atoms with van der Waals surface area (Å²) in [5.41, 5.74) is 0.503. The molecule has 2 heteroatoms. The van der Waals surface area contributed by atoms with Crippen LogP contribution in [0.1, 0.15) is 60.3 Å². The molecular weight excluding hydrogens is 220 g/mol. The van der Waals surface area contributed by atoms with Gasteiger partial charge in [0.05, 0.1) is 0 Å². The van der Waals surface area contributed by atoms with E-state index in [1.807, 2.05) is 0 Å². The van der Waals surface area contributed by atoms with Crippen LogP contribution in [0.3, 0.4) is 0 Å². The van der Waals surface area contributed by atoms with Crippen LogP contribution in [0.25, 0.3) is 0 Å². The maximum Gasteiger partial charge on any atom is 0.0249 e. The van der Waals surface area contributed by atoms with Crippen LogP contribution in [0, 0.1) is 11.8 Å². The van der Waals surface area contributed by atoms with Crippen LogP contribution < -0.4 is 5.32 Å². The lowest BCUT2D eigenvalue weighted by Gasteiger charge is -2.56. The fraction of sp³-hybridized carbons (Fsp3) is 1.00. The van der Waals surface area contributed by atoms with Gasteiger partial charge in [-0.15, -0.1) is 0 Å². The smallest absolute Gasteiger partial charge is 0.0249 e. The quantitative estimate of drug-likeness (QED) is 0.826. The minimum Gasteiger partial charge on any atom is -0.311 e. The number of nitrogens with zero attached hydrogens (tertiary/aromatic N) is 1. The number of piperazine rings is 1. The second-order valence-electron chi connectivity index (χ2n) is 7.21. The van der Waals surface area contributed by atoms with Crippen molar-refractivity contribution in [2.45, 2.75) is 77.9 Å². The highest BCUT2D eigenvalue weighted by Crippen LogP contribution is 2.40. The van der Waals surface area contributed by atoms with Gasteiger partial charge < -0.3 is 5.32 Å². The highest BCUT2D eigenvalue weighted by molar-refractivity contribution is 5.02. The third-order valence-corrected chi connectivity index (χ3v) is 5.61. The van der Waals surface area contributed by atoms with Gasteiger partial charge in [0.25, 0.3) is 0 Å². The molecule has 0 aromatic heterocycles. The molecule has 2 nitrogen and oxygen atoms in total. The lowest BCUT2D eigenvalue weighted by molar-refractivity contribution is -0.0485. The molecule has 3 unspecified atom stereocenters. The molecule has 0 aromatic carbocycles. The van der Waals surface area contributed by atoms with Gasteiger partial charge in [0.2, 0.25) is 0 Å². The molecule has 2 fully saturated rings. The molecule has 2 aliphatic rings. The van der Waals surface area contributed by atoms with E-state index in [-0.39, 0.29) is 0 Å². The second-order valence-corrected chi connectivity index (χ2v) is 7.21. The fourth-order valence-corrected chi connectivity index (χ4v) is 3.65. The molecule has 0 amide bonds. The summed E-state index contributed by atoms with van der Waals surface area (Å²) in [5.74, 6) is 1.55. The SMILES string of the molecule is CCC(C)C1CN(C2(C)CCC2)C(C(C)C)CN1. The van der Waals surface area contributed by atoms with E-state index >= 15 is 0 Å². The Morgan fingerprint density at radius 1 is 1.28 bits per heavy atom. The van der Waals surface area contributed by atoms with Crippen molar-refractivity contribution in [3.63, 3.8) is 0 Å². The zero-order valence-corrected chi connectivity index (χ0v) is 13.0. The molecule has 18 heavy (non-hydrogen) atoms. The molecule has 2 rings (SSSR count). The Kier molecular flexibility index (Phi) is 4.38. The summed E-state index contributed by atoms with van der Waals surface area (Å²) < 4.78 is 0. The van der Waals surface area contributed by atoms with E-state index in [0.717, 1.165) is 17.9 Å². The molecule has 106 valence electrons. The van der Waals surface area contributed by atoms with Gasteiger partial charge in [-0.2, -0.15) is 0 Å². The molecule has 0 bridgehead atoms. The number of nitrogens with one attached hydrogen (secondary N) is 1. The molecule has 1 heterocycles. The summed E-state index contributed by atoms with van der Waals surface area (Å²) in [4.78, 5) is 2.86. The summed E-state index contributed by atoms with van der Waals surface area (Å²) in [7, 11) is 0. The second kappa shape index (κ2) is 5.50. The number of rotatable bonds is 4. The zero-order chi connectivity index (χ0) is 13.3. The van der Waals surface area contributed by atoms with E-state index < -0.39 is 0 Å². The van der Waals surface area contributed by atoms with Crippen molar-refractivity contribution in [2.75, 3.05) is 13.1 Å². The van der Waals surface area contributed by atoms with Gasteiger partial charge in [0.1, 0.15) is 0 Å². The molecule has 0 aromatic rings. The van der Waals surface area contributed by atoms with Crippen molar-refractivity contribution < 1.29 is 0 Å². The van der Waals surface area contributed by atoms with Gasteiger partial charge in [-0.3, -0.25) is 4.90 Å². The number of hydrogen-bond acceptors (Lipinski definition) is 2. The standard InChI is InChI=1S/C16H32N2/c1-6-13(4)14-11-18(16(5)8-7-9-16)15(10-17-14)12(2)3/h12-15,17H,6-11H2,1-5H3. The Morgan fingerprint density at radius 2 is 1.94 bits per heavy atom. The van der Waals surface area contributed by atoms with Crippen molar-refractivity contribution in [1.82, 2.24) is 10.2 Å². The Balaban J connectivity index is 2.08. The van der Waals surface area contributed by atoms with Crippen LogP contribution in [0.2, 0.25) is 0 Å². The van der Waals surface area contributed by atoms with Crippen molar-refractivity contribution in [1.29, 1.82) is 0 Å². The minimum atomic E-state index is 0.503. The molecule has 1 saturated carbocycles. The Labute approximate surface area is 114 Å². The first-order valence-electron chi connectivity index (χ1n) is 7.98. The van der Waals surface area contributed by atoms with E-state index in [0.29, 0.717) is 11.6 Å². The van der Waals surface area contributed by atoms with E-state index in [9.17, 15) is 0 Å². The van der Waals surface area contributed by atoms with Crippen molar-refractivity contribution in [2.24, 2.45) is 11.8 Å². The molecule has 1 aliphatic heterocycles. The largest absolute Gasteiger partial charge is 0.311 e. The summed E-state index contributed by atoms with van der Waals surface area (Å²) in [5, 5.41) is 3.81. The van der Waals surface area contributed by atoms with Crippen LogP contribution >= 0.6 is 0 Å². The lowest BCUT2D eigenvalue weighted by atomic mass is 9.74. The van der Waals surface area contributed by atoms with E-state index in [2.05, 4.69) is 44.8 Å². The molecule has 1 aliphatic carbocycles. The Morgan fingerprint density at radius 3 is 2.39 bits per heavy atom. The average molecular weight is 252 g/mol. The molecule has 0 radical (unpaired) electrons. The highest BCUT2D eigenvalue weighted by atomic mass is 15.3. The van der Waals surface area contributed by atoms with Gasteiger partial charge in [-0.25, -0.2) is 0 Å². The average Bonchev–Trinajstić information content (AvgIpc) is 2.34. The highest BCUT2D eigenvalue weighted by Gasteiger charge is 2.45. The first kappa shape index (κ1) is 14.3. The Hall–Kier alpha value is -0.0800. The van der Waals surface area contributed by atoms with Crippen LogP contribution in [0.15, 0.2) is 0 Å². The van der Waals surface area contributed by atoms with Crippen LogP contribution in [-0.2, 0) is 0 Å². The third kappa shape index (κ3) is 2.60. The summed E-state index contributed by atoms with van der Waals surface area (Å²) in [6.07, 6.45) is 5.53. The predicted molar refractivity (Wildman–Crippen MR) is 78.8 cm³/mol. The molecular formula is C16H32N2. The van der Waals surface area contributed by atoms with E-state index in [1.165, 1.54) is 38.8 Å². The molecule has 1 saturated heterocycles. The van der Waals surface area contributed by atoms with Crippen molar-refractivity contribution >= 4 is 0 Å². The molecule has 3 atom stereocenters. The first-order valence-corrected chi connectivity index (χ1v) is 7.98. The van der Waals surface area contributed by atoms with Gasteiger partial charge in [-0.05, 0) is 38.0 Å². The van der Waals surface area contributed by atoms with Gasteiger partial charge in [0, 0.05) is 30.7 Å². The number of hydrogen-bond donors (Lipinski definition) is 1. The lowest BCUT2D eigenvalue weighted by Crippen LogP contribution is -2.67. The molecule has 0 spiro atoms. The predicted octanol–water partition coefficient (Wildman–Crippen LogP) is 3.27. The zero-order valence-electron chi connectivity index (χ0n) is 13.0. The van der Waals surface area contributed by atoms with Crippen LogP contribution in [0.4, 0.5) is 0 Å². The van der Waals surface area contributed by atoms with Crippen LogP contribution in [0.5, 0.6) is 0 Å².